The number of halogens is 1. The number of hydrogen-bond acceptors (Lipinski definition) is 6. The number of nitrogens with one attached hydrogen (secondary N) is 2. The summed E-state index contributed by atoms with van der Waals surface area (Å²) < 4.78 is 0. The van der Waals surface area contributed by atoms with Crippen LogP contribution in [0.5, 0.6) is 0 Å². The molecule has 118 valence electrons. The summed E-state index contributed by atoms with van der Waals surface area (Å²) in [5.41, 5.74) is 21.9. The predicted molar refractivity (Wildman–Crippen MR) is 89.5 cm³/mol. The van der Waals surface area contributed by atoms with Crippen LogP contribution in [0.25, 0.3) is 10.4 Å². The number of nitrogens with zero attached hydrogens (tertiary/aromatic N) is 4. The number of nitrogen functional groups attached to an aromatic ring is 1. The first-order valence-electron chi connectivity index (χ1n) is 6.85. The van der Waals surface area contributed by atoms with Crippen molar-refractivity contribution >= 4 is 29.2 Å². The monoisotopic (exact) mass is 322 g/mol. The Kier molecular flexibility index (Phi) is 5.10. The summed E-state index contributed by atoms with van der Waals surface area (Å²) in [4.78, 5) is 4.85. The van der Waals surface area contributed by atoms with Crippen molar-refractivity contribution in [3.63, 3.8) is 0 Å². The molecule has 0 spiro atoms. The minimum atomic E-state index is -0.701. The largest absolute Gasteiger partial charge is 0.398 e. The van der Waals surface area contributed by atoms with Crippen LogP contribution in [-0.2, 0) is 6.54 Å². The fourth-order valence-corrected chi connectivity index (χ4v) is 2.90. The van der Waals surface area contributed by atoms with E-state index < -0.39 is 5.54 Å². The van der Waals surface area contributed by atoms with Gasteiger partial charge in [-0.1, -0.05) is 16.7 Å². The highest BCUT2D eigenvalue weighted by atomic mass is 35.5. The van der Waals surface area contributed by atoms with Crippen LogP contribution in [0.2, 0.25) is 5.02 Å². The van der Waals surface area contributed by atoms with E-state index in [1.54, 1.807) is 6.07 Å². The van der Waals surface area contributed by atoms with Gasteiger partial charge in [-0.2, -0.15) is 0 Å². The van der Waals surface area contributed by atoms with Gasteiger partial charge in [-0.15, -0.1) is 0 Å². The summed E-state index contributed by atoms with van der Waals surface area (Å²) in [7, 11) is 0. The van der Waals surface area contributed by atoms with Gasteiger partial charge in [-0.3, -0.25) is 0 Å². The molecule has 1 heterocycles. The standard InChI is InChI=1S/C13H19ClN8/c14-9-3-11(17)10(5-15)12(4-9)22-2-1-19-13(6-16,8-22)7-20-21-18/h3-4,6,16,19H,1-2,5,7-8,15,17H2. The van der Waals surface area contributed by atoms with Crippen molar-refractivity contribution in [2.45, 2.75) is 12.1 Å². The summed E-state index contributed by atoms with van der Waals surface area (Å²) in [6.07, 6.45) is 1.28. The maximum Gasteiger partial charge on any atom is 0.0765 e. The Morgan fingerprint density at radius 1 is 1.59 bits per heavy atom. The molecular formula is C13H19ClN8. The van der Waals surface area contributed by atoms with Gasteiger partial charge in [-0.25, -0.2) is 0 Å². The lowest BCUT2D eigenvalue weighted by atomic mass is 9.96. The van der Waals surface area contributed by atoms with Gasteiger partial charge in [0.1, 0.15) is 0 Å². The molecular weight excluding hydrogens is 304 g/mol. The molecule has 1 aromatic carbocycles. The van der Waals surface area contributed by atoms with Crippen LogP contribution in [0.4, 0.5) is 11.4 Å². The molecule has 0 bridgehead atoms. The molecule has 0 aromatic heterocycles. The normalized spacial score (nSPS) is 21.3. The van der Waals surface area contributed by atoms with E-state index in [0.29, 0.717) is 30.3 Å². The van der Waals surface area contributed by atoms with Crippen molar-refractivity contribution in [3.05, 3.63) is 33.2 Å². The molecule has 1 unspecified atom stereocenters. The zero-order valence-electron chi connectivity index (χ0n) is 12.1. The highest BCUT2D eigenvalue weighted by molar-refractivity contribution is 6.31. The summed E-state index contributed by atoms with van der Waals surface area (Å²) in [6.45, 7) is 2.31. The highest BCUT2D eigenvalue weighted by Gasteiger charge is 2.33. The van der Waals surface area contributed by atoms with E-state index in [4.69, 9.17) is 34.0 Å². The Morgan fingerprint density at radius 2 is 2.36 bits per heavy atom. The Labute approximate surface area is 133 Å². The van der Waals surface area contributed by atoms with E-state index in [1.165, 1.54) is 6.21 Å². The lowest BCUT2D eigenvalue weighted by Crippen LogP contribution is -2.63. The maximum absolute atomic E-state index is 8.54. The van der Waals surface area contributed by atoms with Crippen LogP contribution >= 0.6 is 11.6 Å². The van der Waals surface area contributed by atoms with Gasteiger partial charge in [-0.05, 0) is 17.7 Å². The molecule has 1 fully saturated rings. The van der Waals surface area contributed by atoms with Crippen molar-refractivity contribution in [2.24, 2.45) is 10.8 Å². The van der Waals surface area contributed by atoms with Gasteiger partial charge in [0.15, 0.2) is 0 Å². The molecule has 1 aliphatic rings. The second kappa shape index (κ2) is 6.85. The van der Waals surface area contributed by atoms with E-state index in [9.17, 15) is 0 Å². The van der Waals surface area contributed by atoms with Gasteiger partial charge in [0.2, 0.25) is 0 Å². The van der Waals surface area contributed by atoms with E-state index in [2.05, 4.69) is 20.2 Å². The third-order valence-corrected chi connectivity index (χ3v) is 4.01. The van der Waals surface area contributed by atoms with Gasteiger partial charge in [0, 0.05) is 59.3 Å². The molecule has 1 aromatic rings. The molecule has 2 rings (SSSR count). The van der Waals surface area contributed by atoms with Gasteiger partial charge < -0.3 is 27.1 Å². The predicted octanol–water partition coefficient (Wildman–Crippen LogP) is 1.49. The molecule has 22 heavy (non-hydrogen) atoms. The second-order valence-corrected chi connectivity index (χ2v) is 5.67. The van der Waals surface area contributed by atoms with Crippen LogP contribution in [0.3, 0.4) is 0 Å². The SMILES string of the molecule is [N-]=[N+]=NCC1(C=N)CN(c2cc(Cl)cc(N)c2CN)CCN1. The zero-order chi connectivity index (χ0) is 16.2. The number of nitrogens with two attached hydrogens (primary N) is 2. The number of hydrogen-bond donors (Lipinski definition) is 4. The first-order chi connectivity index (χ1) is 10.5. The molecule has 1 saturated heterocycles. The van der Waals surface area contributed by atoms with Gasteiger partial charge in [0.05, 0.1) is 12.1 Å². The maximum atomic E-state index is 8.54. The Bertz CT molecular complexity index is 612. The lowest BCUT2D eigenvalue weighted by molar-refractivity contribution is 0.401. The number of piperazine rings is 1. The van der Waals surface area contributed by atoms with Crippen LogP contribution in [0.15, 0.2) is 17.2 Å². The molecule has 0 aliphatic carbocycles. The van der Waals surface area contributed by atoms with E-state index in [1.807, 2.05) is 6.07 Å². The Hall–Kier alpha value is -1.99. The first-order valence-corrected chi connectivity index (χ1v) is 7.23. The van der Waals surface area contributed by atoms with Gasteiger partial charge in [0.25, 0.3) is 0 Å². The third kappa shape index (κ3) is 3.26. The summed E-state index contributed by atoms with van der Waals surface area (Å²) in [6, 6.07) is 3.51. The zero-order valence-corrected chi connectivity index (χ0v) is 12.8. The highest BCUT2D eigenvalue weighted by Crippen LogP contribution is 2.31. The molecule has 8 nitrogen and oxygen atoms in total. The minimum Gasteiger partial charge on any atom is -0.398 e. The second-order valence-electron chi connectivity index (χ2n) is 5.23. The quantitative estimate of drug-likeness (QED) is 0.214. The summed E-state index contributed by atoms with van der Waals surface area (Å²) >= 11 is 6.11. The number of benzene rings is 1. The van der Waals surface area contributed by atoms with Crippen LogP contribution in [-0.4, -0.2) is 37.9 Å². The summed E-state index contributed by atoms with van der Waals surface area (Å²) in [5, 5.41) is 15.1. The molecule has 1 atom stereocenters. The van der Waals surface area contributed by atoms with Crippen LogP contribution < -0.4 is 21.7 Å². The molecule has 0 saturated carbocycles. The van der Waals surface area contributed by atoms with Crippen molar-refractivity contribution in [3.8, 4) is 0 Å². The fraction of sp³-hybridized carbons (Fsp3) is 0.462. The topological polar surface area (TPSA) is 140 Å². The van der Waals surface area contributed by atoms with Crippen molar-refractivity contribution in [1.82, 2.24) is 5.32 Å². The Balaban J connectivity index is 2.36. The van der Waals surface area contributed by atoms with E-state index >= 15 is 0 Å². The number of rotatable bonds is 5. The van der Waals surface area contributed by atoms with Crippen LogP contribution in [0.1, 0.15) is 5.56 Å². The number of azide groups is 1. The third-order valence-electron chi connectivity index (χ3n) is 3.79. The van der Waals surface area contributed by atoms with Gasteiger partial charge >= 0.3 is 0 Å². The molecule has 0 radical (unpaired) electrons. The average Bonchev–Trinajstić information content (AvgIpc) is 2.52. The minimum absolute atomic E-state index is 0.164. The molecule has 0 amide bonds. The van der Waals surface area contributed by atoms with Crippen molar-refractivity contribution < 1.29 is 0 Å². The van der Waals surface area contributed by atoms with E-state index in [-0.39, 0.29) is 6.54 Å². The Morgan fingerprint density at radius 3 is 3.00 bits per heavy atom. The molecule has 6 N–H and O–H groups in total. The average molecular weight is 323 g/mol. The van der Waals surface area contributed by atoms with E-state index in [0.717, 1.165) is 17.8 Å². The molecule has 1 aliphatic heterocycles. The molecule has 9 heteroatoms. The fourth-order valence-electron chi connectivity index (χ4n) is 2.67. The summed E-state index contributed by atoms with van der Waals surface area (Å²) in [5.74, 6) is 0. The van der Waals surface area contributed by atoms with Crippen molar-refractivity contribution in [1.29, 1.82) is 5.41 Å². The number of anilines is 2. The first kappa shape index (κ1) is 16.4. The smallest absolute Gasteiger partial charge is 0.0765 e. The van der Waals surface area contributed by atoms with Crippen LogP contribution in [0, 0.1) is 5.41 Å². The lowest BCUT2D eigenvalue weighted by Gasteiger charge is -2.42. The van der Waals surface area contributed by atoms with Crippen molar-refractivity contribution in [2.75, 3.05) is 36.8 Å².